The molecule has 0 aliphatic carbocycles. The van der Waals surface area contributed by atoms with Crippen LogP contribution in [0.2, 0.25) is 0 Å². The monoisotopic (exact) mass is 307 g/mol. The molecular weight excluding hydrogens is 286 g/mol. The molecule has 21 heavy (non-hydrogen) atoms. The van der Waals surface area contributed by atoms with Crippen molar-refractivity contribution in [3.8, 4) is 0 Å². The standard InChI is InChI=1S/C15H21N3O2S/c1-8-7-10(3)18-15-11(8)12(16)13(21-15)14(20)17-9(2)5-4-6-19/h7,9,19H,4-6,16H2,1-3H3,(H,17,20). The molecule has 1 amide bonds. The van der Waals surface area contributed by atoms with E-state index in [1.54, 1.807) is 0 Å². The third kappa shape index (κ3) is 3.33. The number of anilines is 1. The molecule has 0 aliphatic rings. The molecule has 0 spiro atoms. The van der Waals surface area contributed by atoms with Gasteiger partial charge in [0.2, 0.25) is 0 Å². The van der Waals surface area contributed by atoms with E-state index in [0.29, 0.717) is 17.0 Å². The molecular formula is C15H21N3O2S. The molecule has 2 heterocycles. The zero-order chi connectivity index (χ0) is 15.6. The van der Waals surface area contributed by atoms with Crippen LogP contribution in [0.25, 0.3) is 10.2 Å². The Kier molecular flexibility index (Phi) is 4.80. The molecule has 2 aromatic rings. The molecule has 0 saturated heterocycles. The van der Waals surface area contributed by atoms with Crippen molar-refractivity contribution in [3.05, 3.63) is 22.2 Å². The molecule has 0 aromatic carbocycles. The van der Waals surface area contributed by atoms with Crippen LogP contribution in [0.4, 0.5) is 5.69 Å². The van der Waals surface area contributed by atoms with E-state index in [1.165, 1.54) is 11.3 Å². The van der Waals surface area contributed by atoms with Crippen LogP contribution in [0.1, 0.15) is 40.7 Å². The molecule has 0 fully saturated rings. The summed E-state index contributed by atoms with van der Waals surface area (Å²) < 4.78 is 0. The maximum atomic E-state index is 12.3. The van der Waals surface area contributed by atoms with Crippen molar-refractivity contribution >= 4 is 33.1 Å². The molecule has 114 valence electrons. The van der Waals surface area contributed by atoms with Crippen LogP contribution in [0.5, 0.6) is 0 Å². The van der Waals surface area contributed by atoms with Crippen LogP contribution in [-0.2, 0) is 0 Å². The Balaban J connectivity index is 2.28. The van der Waals surface area contributed by atoms with Crippen molar-refractivity contribution in [2.45, 2.75) is 39.7 Å². The minimum atomic E-state index is -0.169. The minimum absolute atomic E-state index is 0.00468. The second-order valence-corrected chi connectivity index (χ2v) is 6.34. The number of hydrogen-bond donors (Lipinski definition) is 3. The summed E-state index contributed by atoms with van der Waals surface area (Å²) in [7, 11) is 0. The van der Waals surface area contributed by atoms with E-state index >= 15 is 0 Å². The van der Waals surface area contributed by atoms with E-state index in [1.807, 2.05) is 26.8 Å². The number of aromatic nitrogens is 1. The number of aryl methyl sites for hydroxylation is 2. The maximum absolute atomic E-state index is 12.3. The van der Waals surface area contributed by atoms with Crippen LogP contribution in [-0.4, -0.2) is 28.6 Å². The molecule has 5 nitrogen and oxygen atoms in total. The van der Waals surface area contributed by atoms with Gasteiger partial charge in [-0.1, -0.05) is 0 Å². The Labute approximate surface area is 128 Å². The third-order valence-electron chi connectivity index (χ3n) is 3.40. The molecule has 2 rings (SSSR count). The van der Waals surface area contributed by atoms with Crippen LogP contribution >= 0.6 is 11.3 Å². The second kappa shape index (κ2) is 6.41. The van der Waals surface area contributed by atoms with E-state index in [4.69, 9.17) is 10.8 Å². The molecule has 0 bridgehead atoms. The highest BCUT2D eigenvalue weighted by Crippen LogP contribution is 2.34. The van der Waals surface area contributed by atoms with Crippen molar-refractivity contribution in [1.29, 1.82) is 0 Å². The fourth-order valence-electron chi connectivity index (χ4n) is 2.40. The number of nitrogens with two attached hydrogens (primary N) is 1. The van der Waals surface area contributed by atoms with Gasteiger partial charge in [-0.15, -0.1) is 11.3 Å². The first-order chi connectivity index (χ1) is 9.93. The van der Waals surface area contributed by atoms with Gasteiger partial charge >= 0.3 is 0 Å². The SMILES string of the molecule is Cc1cc(C)c2c(N)c(C(=O)NC(C)CCCO)sc2n1. The first-order valence-electron chi connectivity index (χ1n) is 7.02. The predicted molar refractivity (Wildman–Crippen MR) is 86.8 cm³/mol. The van der Waals surface area contributed by atoms with Gasteiger partial charge in [-0.3, -0.25) is 4.79 Å². The summed E-state index contributed by atoms with van der Waals surface area (Å²) in [5, 5.41) is 12.6. The fraction of sp³-hybridized carbons (Fsp3) is 0.467. The van der Waals surface area contributed by atoms with Gasteiger partial charge in [0.15, 0.2) is 0 Å². The number of amides is 1. The fourth-order valence-corrected chi connectivity index (χ4v) is 3.52. The van der Waals surface area contributed by atoms with Crippen molar-refractivity contribution in [3.63, 3.8) is 0 Å². The summed E-state index contributed by atoms with van der Waals surface area (Å²) in [5.74, 6) is -0.169. The number of carbonyl (C=O) groups excluding carboxylic acids is 1. The first-order valence-corrected chi connectivity index (χ1v) is 7.83. The van der Waals surface area contributed by atoms with E-state index in [-0.39, 0.29) is 18.6 Å². The lowest BCUT2D eigenvalue weighted by molar-refractivity contribution is 0.0941. The molecule has 4 N–H and O–H groups in total. The van der Waals surface area contributed by atoms with Gasteiger partial charge in [-0.25, -0.2) is 4.98 Å². The van der Waals surface area contributed by atoms with Gasteiger partial charge in [-0.2, -0.15) is 0 Å². The Hall–Kier alpha value is -1.66. The Bertz CT molecular complexity index is 666. The number of rotatable bonds is 5. The third-order valence-corrected chi connectivity index (χ3v) is 4.50. The number of aliphatic hydroxyl groups excluding tert-OH is 1. The van der Waals surface area contributed by atoms with Crippen molar-refractivity contribution < 1.29 is 9.90 Å². The number of hydrogen-bond acceptors (Lipinski definition) is 5. The number of aliphatic hydroxyl groups is 1. The topological polar surface area (TPSA) is 88.2 Å². The van der Waals surface area contributed by atoms with Crippen LogP contribution in [0.3, 0.4) is 0 Å². The van der Waals surface area contributed by atoms with Gasteiger partial charge in [0, 0.05) is 23.7 Å². The summed E-state index contributed by atoms with van der Waals surface area (Å²) >= 11 is 1.33. The smallest absolute Gasteiger partial charge is 0.263 e. The zero-order valence-corrected chi connectivity index (χ0v) is 13.4. The quantitative estimate of drug-likeness (QED) is 0.791. The first kappa shape index (κ1) is 15.7. The lowest BCUT2D eigenvalue weighted by Crippen LogP contribution is -2.32. The Morgan fingerprint density at radius 2 is 2.24 bits per heavy atom. The molecule has 0 radical (unpaired) electrons. The molecule has 1 atom stereocenters. The normalized spacial score (nSPS) is 12.6. The van der Waals surface area contributed by atoms with Gasteiger partial charge in [0.25, 0.3) is 5.91 Å². The predicted octanol–water partition coefficient (Wildman–Crippen LogP) is 2.39. The molecule has 0 aliphatic heterocycles. The summed E-state index contributed by atoms with van der Waals surface area (Å²) in [5.41, 5.74) is 8.60. The van der Waals surface area contributed by atoms with Crippen LogP contribution in [0, 0.1) is 13.8 Å². The highest BCUT2D eigenvalue weighted by atomic mass is 32.1. The highest BCUT2D eigenvalue weighted by molar-refractivity contribution is 7.21. The number of carbonyl (C=O) groups is 1. The summed E-state index contributed by atoms with van der Waals surface area (Å²) in [6.45, 7) is 5.96. The van der Waals surface area contributed by atoms with E-state index < -0.39 is 0 Å². The minimum Gasteiger partial charge on any atom is -0.397 e. The average Bonchev–Trinajstić information content (AvgIpc) is 2.73. The van der Waals surface area contributed by atoms with Crippen molar-refractivity contribution in [2.24, 2.45) is 0 Å². The van der Waals surface area contributed by atoms with Crippen molar-refractivity contribution in [1.82, 2.24) is 10.3 Å². The van der Waals surface area contributed by atoms with Gasteiger partial charge in [0.05, 0.1) is 5.69 Å². The Morgan fingerprint density at radius 1 is 1.52 bits per heavy atom. The summed E-state index contributed by atoms with van der Waals surface area (Å²) in [4.78, 5) is 18.1. The van der Waals surface area contributed by atoms with E-state index in [0.717, 1.165) is 27.9 Å². The van der Waals surface area contributed by atoms with Crippen molar-refractivity contribution in [2.75, 3.05) is 12.3 Å². The number of nitrogen functional groups attached to an aromatic ring is 1. The summed E-state index contributed by atoms with van der Waals surface area (Å²) in [6.07, 6.45) is 1.41. The lowest BCUT2D eigenvalue weighted by Gasteiger charge is -2.12. The Morgan fingerprint density at radius 3 is 2.90 bits per heavy atom. The number of fused-ring (bicyclic) bond motifs is 1. The maximum Gasteiger partial charge on any atom is 0.263 e. The zero-order valence-electron chi connectivity index (χ0n) is 12.6. The number of pyridine rings is 1. The summed E-state index contributed by atoms with van der Waals surface area (Å²) in [6, 6.07) is 1.97. The number of nitrogens with zero attached hydrogens (tertiary/aromatic N) is 1. The van der Waals surface area contributed by atoms with Gasteiger partial charge < -0.3 is 16.2 Å². The number of thiophene rings is 1. The molecule has 2 aromatic heterocycles. The number of nitrogens with one attached hydrogen (secondary N) is 1. The van der Waals surface area contributed by atoms with Gasteiger partial charge in [-0.05, 0) is 45.2 Å². The lowest BCUT2D eigenvalue weighted by atomic mass is 10.1. The van der Waals surface area contributed by atoms with Crippen LogP contribution in [0.15, 0.2) is 6.07 Å². The highest BCUT2D eigenvalue weighted by Gasteiger charge is 2.19. The molecule has 6 heteroatoms. The second-order valence-electron chi connectivity index (χ2n) is 5.35. The largest absolute Gasteiger partial charge is 0.397 e. The van der Waals surface area contributed by atoms with Crippen LogP contribution < -0.4 is 11.1 Å². The molecule has 0 saturated carbocycles. The average molecular weight is 307 g/mol. The van der Waals surface area contributed by atoms with Gasteiger partial charge in [0.1, 0.15) is 9.71 Å². The van der Waals surface area contributed by atoms with E-state index in [9.17, 15) is 4.79 Å². The van der Waals surface area contributed by atoms with E-state index in [2.05, 4.69) is 10.3 Å². The molecule has 1 unspecified atom stereocenters.